The van der Waals surface area contributed by atoms with Crippen molar-refractivity contribution < 1.29 is 14.3 Å². The summed E-state index contributed by atoms with van der Waals surface area (Å²) in [6.07, 6.45) is 0.292. The van der Waals surface area contributed by atoms with Crippen LogP contribution in [0.3, 0.4) is 0 Å². The van der Waals surface area contributed by atoms with Crippen molar-refractivity contribution in [2.24, 2.45) is 0 Å². The number of benzene rings is 2. The van der Waals surface area contributed by atoms with Gasteiger partial charge in [0.1, 0.15) is 0 Å². The Morgan fingerprint density at radius 1 is 1.16 bits per heavy atom. The Balaban J connectivity index is 2.40. The average Bonchev–Trinajstić information content (AvgIpc) is 2.61. The molecule has 4 nitrogen and oxygen atoms in total. The van der Waals surface area contributed by atoms with Gasteiger partial charge in [-0.2, -0.15) is 5.26 Å². The zero-order valence-corrected chi connectivity index (χ0v) is 14.7. The molecule has 0 fully saturated rings. The summed E-state index contributed by atoms with van der Waals surface area (Å²) in [6.45, 7) is 5.64. The maximum atomic E-state index is 12.0. The van der Waals surface area contributed by atoms with Crippen molar-refractivity contribution in [1.29, 1.82) is 5.26 Å². The van der Waals surface area contributed by atoms with E-state index in [1.807, 2.05) is 31.2 Å². The third kappa shape index (κ3) is 4.54. The number of esters is 1. The summed E-state index contributed by atoms with van der Waals surface area (Å²) in [4.78, 5) is 23.7. The maximum absolute atomic E-state index is 12.0. The van der Waals surface area contributed by atoms with E-state index >= 15 is 0 Å². The van der Waals surface area contributed by atoms with Crippen LogP contribution in [0.1, 0.15) is 54.6 Å². The number of ether oxygens (including phenoxy) is 1. The zero-order chi connectivity index (χ0) is 18.4. The first kappa shape index (κ1) is 18.4. The van der Waals surface area contributed by atoms with Crippen LogP contribution in [0, 0.1) is 11.3 Å². The second-order valence-corrected chi connectivity index (χ2v) is 5.96. The number of hydrogen-bond acceptors (Lipinski definition) is 4. The van der Waals surface area contributed by atoms with Crippen LogP contribution in [0.25, 0.3) is 11.1 Å². The molecule has 0 saturated carbocycles. The average molecular weight is 335 g/mol. The lowest BCUT2D eigenvalue weighted by Gasteiger charge is -2.15. The molecule has 2 rings (SSSR count). The Morgan fingerprint density at radius 2 is 1.84 bits per heavy atom. The van der Waals surface area contributed by atoms with Gasteiger partial charge in [-0.25, -0.2) is 0 Å². The third-order valence-electron chi connectivity index (χ3n) is 4.10. The smallest absolute Gasteiger partial charge is 0.306 e. The third-order valence-corrected chi connectivity index (χ3v) is 4.10. The molecule has 0 amide bonds. The van der Waals surface area contributed by atoms with Crippen LogP contribution in [0.5, 0.6) is 0 Å². The predicted octanol–water partition coefficient (Wildman–Crippen LogP) is 4.48. The minimum absolute atomic E-state index is 0.0165. The molecule has 2 aromatic carbocycles. The molecule has 25 heavy (non-hydrogen) atoms. The highest BCUT2D eigenvalue weighted by Crippen LogP contribution is 2.30. The van der Waals surface area contributed by atoms with Gasteiger partial charge in [-0.05, 0) is 48.6 Å². The summed E-state index contributed by atoms with van der Waals surface area (Å²) in [7, 11) is 0. The van der Waals surface area contributed by atoms with Gasteiger partial charge in [-0.1, -0.05) is 37.3 Å². The Labute approximate surface area is 148 Å². The first-order valence-corrected chi connectivity index (χ1v) is 8.27. The number of nitriles is 1. The fraction of sp³-hybridized carbons (Fsp3) is 0.286. The number of ketones is 1. The van der Waals surface area contributed by atoms with Gasteiger partial charge in [0.2, 0.25) is 0 Å². The molecule has 0 saturated heterocycles. The maximum Gasteiger partial charge on any atom is 0.306 e. The van der Waals surface area contributed by atoms with E-state index in [1.165, 1.54) is 6.92 Å². The SMILES string of the molecule is CCOC(=O)CC(C)c1ccc(C(C)=O)c(-c2ccc(C#N)cc2)c1. The molecule has 4 heteroatoms. The monoisotopic (exact) mass is 335 g/mol. The number of Topliss-reactive ketones (excluding diaryl/α,β-unsaturated/α-hetero) is 1. The van der Waals surface area contributed by atoms with E-state index in [2.05, 4.69) is 6.07 Å². The van der Waals surface area contributed by atoms with Gasteiger partial charge in [0, 0.05) is 5.56 Å². The molecular formula is C21H21NO3. The summed E-state index contributed by atoms with van der Waals surface area (Å²) < 4.78 is 5.01. The lowest BCUT2D eigenvalue weighted by atomic mass is 9.90. The Morgan fingerprint density at radius 3 is 2.40 bits per heavy atom. The van der Waals surface area contributed by atoms with Crippen LogP contribution < -0.4 is 0 Å². The zero-order valence-electron chi connectivity index (χ0n) is 14.7. The van der Waals surface area contributed by atoms with Crippen LogP contribution in [-0.4, -0.2) is 18.4 Å². The van der Waals surface area contributed by atoms with E-state index in [1.54, 1.807) is 25.1 Å². The molecule has 128 valence electrons. The molecule has 0 aromatic heterocycles. The van der Waals surface area contributed by atoms with Crippen LogP contribution >= 0.6 is 0 Å². The van der Waals surface area contributed by atoms with Crippen LogP contribution in [0.15, 0.2) is 42.5 Å². The summed E-state index contributed by atoms with van der Waals surface area (Å²) >= 11 is 0. The van der Waals surface area contributed by atoms with Gasteiger partial charge in [0.25, 0.3) is 0 Å². The fourth-order valence-electron chi connectivity index (χ4n) is 2.73. The topological polar surface area (TPSA) is 67.2 Å². The van der Waals surface area contributed by atoms with Crippen molar-refractivity contribution in [3.05, 3.63) is 59.2 Å². The number of carbonyl (C=O) groups excluding carboxylic acids is 2. The Kier molecular flexibility index (Phi) is 6.08. The summed E-state index contributed by atoms with van der Waals surface area (Å²) in [6, 6.07) is 14.8. The second kappa shape index (κ2) is 8.25. The van der Waals surface area contributed by atoms with Gasteiger partial charge < -0.3 is 4.74 Å². The molecule has 0 N–H and O–H groups in total. The summed E-state index contributed by atoms with van der Waals surface area (Å²) in [5, 5.41) is 8.94. The molecular weight excluding hydrogens is 314 g/mol. The van der Waals surface area contributed by atoms with E-state index in [0.29, 0.717) is 24.2 Å². The van der Waals surface area contributed by atoms with Crippen molar-refractivity contribution in [2.75, 3.05) is 6.61 Å². The molecule has 0 radical (unpaired) electrons. The van der Waals surface area contributed by atoms with Crippen molar-refractivity contribution >= 4 is 11.8 Å². The number of rotatable bonds is 6. The summed E-state index contributed by atoms with van der Waals surface area (Å²) in [5.74, 6) is -0.272. The van der Waals surface area contributed by atoms with Crippen molar-refractivity contribution in [1.82, 2.24) is 0 Å². The molecule has 0 spiro atoms. The second-order valence-electron chi connectivity index (χ2n) is 5.96. The highest BCUT2D eigenvalue weighted by atomic mass is 16.5. The highest BCUT2D eigenvalue weighted by Gasteiger charge is 2.16. The largest absolute Gasteiger partial charge is 0.466 e. The van der Waals surface area contributed by atoms with Crippen LogP contribution in [0.4, 0.5) is 0 Å². The first-order chi connectivity index (χ1) is 12.0. The first-order valence-electron chi connectivity index (χ1n) is 8.27. The van der Waals surface area contributed by atoms with E-state index in [-0.39, 0.29) is 17.7 Å². The van der Waals surface area contributed by atoms with Gasteiger partial charge in [0.15, 0.2) is 5.78 Å². The molecule has 2 aromatic rings. The minimum Gasteiger partial charge on any atom is -0.466 e. The molecule has 0 bridgehead atoms. The van der Waals surface area contributed by atoms with Crippen molar-refractivity contribution in [3.63, 3.8) is 0 Å². The van der Waals surface area contributed by atoms with Gasteiger partial charge in [0.05, 0.1) is 24.7 Å². The summed E-state index contributed by atoms with van der Waals surface area (Å²) in [5.41, 5.74) is 3.84. The van der Waals surface area contributed by atoms with Crippen molar-refractivity contribution in [2.45, 2.75) is 33.1 Å². The van der Waals surface area contributed by atoms with Gasteiger partial charge >= 0.3 is 5.97 Å². The van der Waals surface area contributed by atoms with E-state index in [0.717, 1.165) is 16.7 Å². The van der Waals surface area contributed by atoms with Gasteiger partial charge in [-0.3, -0.25) is 9.59 Å². The fourth-order valence-corrected chi connectivity index (χ4v) is 2.73. The predicted molar refractivity (Wildman–Crippen MR) is 96.3 cm³/mol. The minimum atomic E-state index is -0.231. The number of nitrogens with zero attached hydrogens (tertiary/aromatic N) is 1. The molecule has 0 aliphatic heterocycles. The highest BCUT2D eigenvalue weighted by molar-refractivity contribution is 6.01. The van der Waals surface area contributed by atoms with Crippen LogP contribution in [0.2, 0.25) is 0 Å². The molecule has 1 atom stereocenters. The number of hydrogen-bond donors (Lipinski definition) is 0. The Hall–Kier alpha value is -2.93. The molecule has 0 aliphatic carbocycles. The lowest BCUT2D eigenvalue weighted by molar-refractivity contribution is -0.143. The van der Waals surface area contributed by atoms with Gasteiger partial charge in [-0.15, -0.1) is 0 Å². The molecule has 1 unspecified atom stereocenters. The van der Waals surface area contributed by atoms with E-state index < -0.39 is 0 Å². The molecule has 0 aliphatic rings. The molecule has 0 heterocycles. The standard InChI is InChI=1S/C21H21NO3/c1-4-25-21(24)11-14(2)18-9-10-19(15(3)23)20(12-18)17-7-5-16(13-22)6-8-17/h5-10,12,14H,4,11H2,1-3H3. The quantitative estimate of drug-likeness (QED) is 0.576. The number of carbonyl (C=O) groups is 2. The normalized spacial score (nSPS) is 11.4. The Bertz CT molecular complexity index is 816. The van der Waals surface area contributed by atoms with E-state index in [4.69, 9.17) is 10.00 Å². The van der Waals surface area contributed by atoms with E-state index in [9.17, 15) is 9.59 Å². The van der Waals surface area contributed by atoms with Crippen molar-refractivity contribution in [3.8, 4) is 17.2 Å². The van der Waals surface area contributed by atoms with Crippen LogP contribution in [-0.2, 0) is 9.53 Å². The lowest BCUT2D eigenvalue weighted by Crippen LogP contribution is -2.09.